The minimum absolute atomic E-state index is 0. The van der Waals surface area contributed by atoms with Gasteiger partial charge in [0, 0.05) is 115 Å². The number of phenols is 8. The first-order valence-corrected chi connectivity index (χ1v) is 23.8. The molecule has 0 saturated heterocycles. The second-order valence-electron chi connectivity index (χ2n) is 16.1. The van der Waals surface area contributed by atoms with Crippen molar-refractivity contribution in [3.63, 3.8) is 0 Å². The minimum Gasteiger partial charge on any atom is -0.508 e. The van der Waals surface area contributed by atoms with Gasteiger partial charge in [0.2, 0.25) is 0 Å². The molecule has 0 unspecified atom stereocenters. The molecule has 400 valence electrons. The van der Waals surface area contributed by atoms with Gasteiger partial charge in [0.15, 0.2) is 0 Å². The first kappa shape index (κ1) is 66.1. The number of fused-ring (bicyclic) bond motifs is 8. The Bertz CT molecular complexity index is 2870. The molecule has 76 heavy (non-hydrogen) atoms. The number of hydrogen-bond acceptors (Lipinski definition) is 14. The van der Waals surface area contributed by atoms with Crippen molar-refractivity contribution in [2.24, 2.45) is 5.73 Å². The molecule has 3 aromatic heterocycles. The number of benzene rings is 4. The molecule has 0 aliphatic carbocycles. The van der Waals surface area contributed by atoms with E-state index in [9.17, 15) is 40.9 Å². The number of halogens is 1. The Morgan fingerprint density at radius 1 is 0.461 bits per heavy atom. The maximum absolute atomic E-state index is 10.6. The first-order valence-electron chi connectivity index (χ1n) is 21.6. The molecule has 18 nitrogen and oxygen atoms in total. The third-order valence-corrected chi connectivity index (χ3v) is 10.1. The molecule has 0 spiro atoms. The molecular formula is C56H65IN6O12Zn. The smallest absolute Gasteiger partial charge is 0.300 e. The van der Waals surface area contributed by atoms with Crippen molar-refractivity contribution in [1.29, 1.82) is 0 Å². The summed E-state index contributed by atoms with van der Waals surface area (Å²) in [5.74, 6) is -3.09. The molecule has 0 atom stereocenters. The van der Waals surface area contributed by atoms with Crippen molar-refractivity contribution in [2.45, 2.75) is 36.1 Å². The molecule has 14 N–H and O–H groups in total. The number of aromatic amines is 2. The van der Waals surface area contributed by atoms with Crippen LogP contribution in [0.2, 0.25) is 0 Å². The summed E-state index contributed by atoms with van der Waals surface area (Å²) in [5.41, 5.74) is 12.8. The van der Waals surface area contributed by atoms with Crippen LogP contribution in [-0.4, -0.2) is 120 Å². The predicted molar refractivity (Wildman–Crippen MR) is 308 cm³/mol. The number of aromatic hydroxyl groups is 8. The summed E-state index contributed by atoms with van der Waals surface area (Å²) in [6, 6.07) is 24.0. The van der Waals surface area contributed by atoms with Crippen LogP contribution in [0.15, 0.2) is 97.1 Å². The largest absolute Gasteiger partial charge is 0.508 e. The van der Waals surface area contributed by atoms with Gasteiger partial charge in [0.25, 0.3) is 11.9 Å². The minimum atomic E-state index is -0.833. The van der Waals surface area contributed by atoms with Gasteiger partial charge in [-0.25, -0.2) is 9.97 Å². The zero-order valence-corrected chi connectivity index (χ0v) is 45.4. The molecule has 0 saturated carbocycles. The Kier molecular flexibility index (Phi) is 26.0. The first-order chi connectivity index (χ1) is 34.2. The fourth-order valence-corrected chi connectivity index (χ4v) is 7.64. The van der Waals surface area contributed by atoms with Crippen molar-refractivity contribution in [3.8, 4) is 90.5 Å². The van der Waals surface area contributed by atoms with Crippen LogP contribution < -0.4 is 5.73 Å². The van der Waals surface area contributed by atoms with Crippen molar-refractivity contribution in [3.05, 3.63) is 120 Å². The maximum Gasteiger partial charge on any atom is 0.300 e. The van der Waals surface area contributed by atoms with Gasteiger partial charge in [-0.2, -0.15) is 0 Å². The molecule has 0 fully saturated rings. The Morgan fingerprint density at radius 2 is 0.645 bits per heavy atom. The van der Waals surface area contributed by atoms with Crippen LogP contribution >= 0.6 is 22.6 Å². The van der Waals surface area contributed by atoms with E-state index in [-0.39, 0.29) is 87.8 Å². The second kappa shape index (κ2) is 29.8. The van der Waals surface area contributed by atoms with E-state index in [1.54, 1.807) is 48.6 Å². The monoisotopic (exact) mass is 1200 g/mol. The molecule has 8 bridgehead atoms. The van der Waals surface area contributed by atoms with Gasteiger partial charge in [-0.1, -0.05) is 44.9 Å². The number of carbonyl (C=O) groups is 2. The van der Waals surface area contributed by atoms with Crippen LogP contribution in [0.3, 0.4) is 0 Å². The summed E-state index contributed by atoms with van der Waals surface area (Å²) >= 11 is 2.15. The van der Waals surface area contributed by atoms with Gasteiger partial charge in [-0.15, -0.1) is 0 Å². The number of hydrogen-bond donors (Lipinski definition) is 13. The number of aliphatic carboxylic acids is 2. The van der Waals surface area contributed by atoms with Crippen LogP contribution in [-0.2, 0) is 29.1 Å². The molecule has 4 aromatic carbocycles. The van der Waals surface area contributed by atoms with Crippen LogP contribution in [0, 0.1) is 0 Å². The van der Waals surface area contributed by atoms with Crippen molar-refractivity contribution < 1.29 is 80.1 Å². The molecule has 7 aromatic rings. The number of nitrogens with zero attached hydrogens (tertiary/aromatic N) is 3. The molecule has 2 aliphatic heterocycles. The Hall–Kier alpha value is -7.91. The van der Waals surface area contributed by atoms with Gasteiger partial charge in [0.1, 0.15) is 46.0 Å². The van der Waals surface area contributed by atoms with Gasteiger partial charge in [-0.3, -0.25) is 9.59 Å². The average Bonchev–Trinajstić information content (AvgIpc) is 4.11. The number of H-pyrrole nitrogens is 2. The van der Waals surface area contributed by atoms with Gasteiger partial charge < -0.3 is 71.7 Å². The number of likely N-dealkylation sites (N-methyl/N-ethyl adjacent to an activating group) is 1. The van der Waals surface area contributed by atoms with Crippen LogP contribution in [0.1, 0.15) is 58.9 Å². The third kappa shape index (κ3) is 17.3. The molecule has 0 radical (unpaired) electrons. The number of phenolic OH excluding ortho intramolecular Hbond substituents is 8. The van der Waals surface area contributed by atoms with E-state index in [1.165, 1.54) is 72.8 Å². The summed E-state index contributed by atoms with van der Waals surface area (Å²) in [6.07, 6.45) is 7.08. The summed E-state index contributed by atoms with van der Waals surface area (Å²) in [6.45, 7) is 3.91. The number of carboxylic acids is 2. The standard InChI is InChI=1S/C44H30N4O8.C4H12N2.2C2H4O2.CH3I.3CH4.Zn/c49-25-9-21(10-26(50)17-25)41-33-1-2-34(45-33)42(22-11-27(51)18-28(52)12-22)36-5-6-38(47-36)44(24-15-31(55)20-32(56)16-24)40-8-7-39(48-40)43(37-4-3-35(41)46-37)23-13-29(53)19-30(54)14-23;1-6(2)4-3-5;2*1-2(3)4;1-2;;;;/h1-20,45,48-56H;3-5H2,1-2H3;2*1H3,(H,3,4);1H3;3*1H4;. The van der Waals surface area contributed by atoms with E-state index < -0.39 is 11.9 Å². The second-order valence-corrected chi connectivity index (χ2v) is 16.1. The van der Waals surface area contributed by atoms with Gasteiger partial charge in [-0.05, 0) is 138 Å². The summed E-state index contributed by atoms with van der Waals surface area (Å²) in [5, 5.41) is 99.6. The number of rotatable bonds is 6. The fraction of sp³-hybridized carbons (Fsp3) is 0.179. The van der Waals surface area contributed by atoms with Crippen LogP contribution in [0.25, 0.3) is 90.9 Å². The Balaban J connectivity index is 0.00000128. The molecular weight excluding hydrogens is 1140 g/mol. The van der Waals surface area contributed by atoms with E-state index in [4.69, 9.17) is 35.5 Å². The average molecular weight is 1210 g/mol. The Labute approximate surface area is 467 Å². The number of alkyl halides is 1. The van der Waals surface area contributed by atoms with E-state index in [0.717, 1.165) is 26.9 Å². The number of aromatic nitrogens is 4. The molecule has 5 heterocycles. The van der Waals surface area contributed by atoms with Gasteiger partial charge >= 0.3 is 0 Å². The zero-order chi connectivity index (χ0) is 53.0. The van der Waals surface area contributed by atoms with E-state index in [1.807, 2.05) is 19.0 Å². The van der Waals surface area contributed by atoms with E-state index >= 15 is 0 Å². The van der Waals surface area contributed by atoms with Crippen molar-refractivity contribution in [1.82, 2.24) is 24.8 Å². The SMILES string of the molecule is C.C.C.CC(=O)O.CC(=O)O.CI.CN(C)CCN.Oc1cc(O)cc(-c2c3nc(c(-c4cc(O)cc(O)c4)c4ccc([nH]4)c(-c4cc(O)cc(O)c4)c4nc(c(-c5cc(O)cc(O)c5)c5ccc2[nH]5)C=C4)C=C3)c1.[Zn]. The Morgan fingerprint density at radius 3 is 0.789 bits per heavy atom. The van der Waals surface area contributed by atoms with E-state index in [2.05, 4.69) is 37.5 Å². The molecule has 2 aliphatic rings. The molecule has 9 rings (SSSR count). The number of nitrogens with two attached hydrogens (primary N) is 1. The van der Waals surface area contributed by atoms with E-state index in [0.29, 0.717) is 89.4 Å². The van der Waals surface area contributed by atoms with Crippen LogP contribution in [0.4, 0.5) is 0 Å². The van der Waals surface area contributed by atoms with Gasteiger partial charge in [0.05, 0.1) is 22.8 Å². The predicted octanol–water partition coefficient (Wildman–Crippen LogP) is 11.6. The molecule has 0 amide bonds. The molecule has 20 heteroatoms. The zero-order valence-electron chi connectivity index (χ0n) is 40.3. The topological polar surface area (TPSA) is 323 Å². The van der Waals surface area contributed by atoms with Crippen LogP contribution in [0.5, 0.6) is 46.0 Å². The van der Waals surface area contributed by atoms with Crippen molar-refractivity contribution >= 4 is 80.9 Å². The fourth-order valence-electron chi connectivity index (χ4n) is 7.64. The van der Waals surface area contributed by atoms with Crippen molar-refractivity contribution in [2.75, 3.05) is 32.1 Å². The number of nitrogens with one attached hydrogen (secondary N) is 2. The summed E-state index contributed by atoms with van der Waals surface area (Å²) in [4.78, 5) is 39.0. The number of carboxylic acid groups (broad SMARTS) is 2. The normalized spacial score (nSPS) is 10.4. The summed E-state index contributed by atoms with van der Waals surface area (Å²) in [7, 11) is 4.01. The quantitative estimate of drug-likeness (QED) is 0.0418. The third-order valence-electron chi connectivity index (χ3n) is 10.1. The maximum atomic E-state index is 10.6. The summed E-state index contributed by atoms with van der Waals surface area (Å²) < 4.78 is 0.